The number of hydrogen-bond acceptors (Lipinski definition) is 5. The lowest BCUT2D eigenvalue weighted by Crippen LogP contribution is -2.26. The van der Waals surface area contributed by atoms with Crippen molar-refractivity contribution in [2.75, 3.05) is 17.1 Å². The second-order valence-electron chi connectivity index (χ2n) is 4.91. The third-order valence-corrected chi connectivity index (χ3v) is 4.37. The molecule has 0 saturated heterocycles. The third-order valence-electron chi connectivity index (χ3n) is 1.66. The molecule has 0 amide bonds. The normalized spacial score (nSPS) is 11.8. The summed E-state index contributed by atoms with van der Waals surface area (Å²) in [4.78, 5) is 4.54. The van der Waals surface area contributed by atoms with Gasteiger partial charge in [0.2, 0.25) is 10.0 Å². The van der Waals surface area contributed by atoms with Gasteiger partial charge >= 0.3 is 0 Å². The zero-order chi connectivity index (χ0) is 13.8. The van der Waals surface area contributed by atoms with E-state index in [1.54, 1.807) is 0 Å². The Morgan fingerprint density at radius 2 is 2.17 bits per heavy atom. The lowest BCUT2D eigenvalue weighted by Gasteiger charge is -2.17. The SMILES string of the molecule is CC(C)(C)CS(=O)(=O)Nc1ncc(C#CCO)s1. The van der Waals surface area contributed by atoms with Gasteiger partial charge in [0.05, 0.1) is 16.8 Å². The van der Waals surface area contributed by atoms with Crippen molar-refractivity contribution < 1.29 is 13.5 Å². The van der Waals surface area contributed by atoms with E-state index in [0.717, 1.165) is 11.3 Å². The molecule has 0 fully saturated rings. The molecule has 7 heteroatoms. The predicted octanol–water partition coefficient (Wildman–Crippen LogP) is 1.27. The van der Waals surface area contributed by atoms with E-state index < -0.39 is 10.0 Å². The number of rotatable bonds is 3. The quantitative estimate of drug-likeness (QED) is 0.821. The summed E-state index contributed by atoms with van der Waals surface area (Å²) in [6, 6.07) is 0. The Kier molecular flexibility index (Phi) is 4.73. The molecule has 18 heavy (non-hydrogen) atoms. The van der Waals surface area contributed by atoms with Crippen molar-refractivity contribution in [2.24, 2.45) is 5.41 Å². The minimum atomic E-state index is -3.40. The second-order valence-corrected chi connectivity index (χ2v) is 7.66. The molecular weight excluding hydrogens is 272 g/mol. The van der Waals surface area contributed by atoms with Crippen LogP contribution in [0.4, 0.5) is 5.13 Å². The van der Waals surface area contributed by atoms with Crippen molar-refractivity contribution in [3.8, 4) is 11.8 Å². The molecule has 1 heterocycles. The van der Waals surface area contributed by atoms with Gasteiger partial charge in [-0.15, -0.1) is 0 Å². The van der Waals surface area contributed by atoms with Crippen LogP contribution in [-0.2, 0) is 10.0 Å². The van der Waals surface area contributed by atoms with E-state index in [9.17, 15) is 8.42 Å². The van der Waals surface area contributed by atoms with Gasteiger partial charge in [-0.25, -0.2) is 13.4 Å². The van der Waals surface area contributed by atoms with Crippen molar-refractivity contribution in [3.63, 3.8) is 0 Å². The first kappa shape index (κ1) is 15.0. The maximum atomic E-state index is 11.8. The molecule has 0 saturated carbocycles. The van der Waals surface area contributed by atoms with Crippen LogP contribution in [0.2, 0.25) is 0 Å². The zero-order valence-corrected chi connectivity index (χ0v) is 12.2. The number of thiazole rings is 1. The predicted molar refractivity (Wildman–Crippen MR) is 72.9 cm³/mol. The van der Waals surface area contributed by atoms with Gasteiger partial charge < -0.3 is 5.11 Å². The number of sulfonamides is 1. The smallest absolute Gasteiger partial charge is 0.235 e. The molecule has 0 bridgehead atoms. The molecule has 0 atom stereocenters. The van der Waals surface area contributed by atoms with Crippen LogP contribution >= 0.6 is 11.3 Å². The first-order valence-corrected chi connectivity index (χ1v) is 7.75. The highest BCUT2D eigenvalue weighted by atomic mass is 32.2. The molecule has 0 aliphatic heterocycles. The molecule has 1 rings (SSSR count). The number of hydrogen-bond donors (Lipinski definition) is 2. The Bertz CT molecular complexity index is 559. The molecule has 1 aromatic rings. The fourth-order valence-corrected chi connectivity index (χ4v) is 3.87. The highest BCUT2D eigenvalue weighted by Crippen LogP contribution is 2.21. The maximum absolute atomic E-state index is 11.8. The summed E-state index contributed by atoms with van der Waals surface area (Å²) in [5.74, 6) is 5.17. The molecule has 5 nitrogen and oxygen atoms in total. The molecule has 0 radical (unpaired) electrons. The Hall–Kier alpha value is -1.10. The van der Waals surface area contributed by atoms with Gasteiger partial charge in [0.1, 0.15) is 6.61 Å². The maximum Gasteiger partial charge on any atom is 0.235 e. The molecule has 100 valence electrons. The summed E-state index contributed by atoms with van der Waals surface area (Å²) in [5.41, 5.74) is -0.317. The summed E-state index contributed by atoms with van der Waals surface area (Å²) >= 11 is 1.14. The van der Waals surface area contributed by atoms with Gasteiger partial charge in [0.15, 0.2) is 5.13 Å². The van der Waals surface area contributed by atoms with Crippen LogP contribution in [0, 0.1) is 17.3 Å². The van der Waals surface area contributed by atoms with E-state index in [1.807, 2.05) is 20.8 Å². The standard InChI is InChI=1S/C11H16N2O3S2/c1-11(2,3)8-18(15,16)13-10-12-7-9(17-10)5-4-6-14/h7,14H,6,8H2,1-3H3,(H,12,13). The Labute approximate surface area is 111 Å². The highest BCUT2D eigenvalue weighted by Gasteiger charge is 2.22. The minimum Gasteiger partial charge on any atom is -0.384 e. The summed E-state index contributed by atoms with van der Waals surface area (Å²) in [5, 5.41) is 8.84. The number of anilines is 1. The average molecular weight is 288 g/mol. The van der Waals surface area contributed by atoms with Crippen LogP contribution in [0.15, 0.2) is 6.20 Å². The molecule has 0 aromatic carbocycles. The number of aliphatic hydroxyl groups excluding tert-OH is 1. The minimum absolute atomic E-state index is 0.0250. The highest BCUT2D eigenvalue weighted by molar-refractivity contribution is 7.92. The van der Waals surface area contributed by atoms with Gasteiger partial charge in [0, 0.05) is 0 Å². The Morgan fingerprint density at radius 1 is 1.50 bits per heavy atom. The van der Waals surface area contributed by atoms with E-state index in [2.05, 4.69) is 21.5 Å². The van der Waals surface area contributed by atoms with Crippen molar-refractivity contribution in [1.82, 2.24) is 4.98 Å². The van der Waals surface area contributed by atoms with E-state index in [1.165, 1.54) is 6.20 Å². The Morgan fingerprint density at radius 3 is 2.72 bits per heavy atom. The lowest BCUT2D eigenvalue weighted by molar-refractivity contribution is 0.350. The first-order chi connectivity index (χ1) is 8.22. The fraction of sp³-hybridized carbons (Fsp3) is 0.545. The van der Waals surface area contributed by atoms with E-state index in [4.69, 9.17) is 5.11 Å². The van der Waals surface area contributed by atoms with Gasteiger partial charge in [0.25, 0.3) is 0 Å². The van der Waals surface area contributed by atoms with Gasteiger partial charge in [-0.2, -0.15) is 0 Å². The van der Waals surface area contributed by atoms with Gasteiger partial charge in [-0.1, -0.05) is 43.9 Å². The molecule has 1 aromatic heterocycles. The van der Waals surface area contributed by atoms with Crippen LogP contribution in [-0.4, -0.2) is 30.9 Å². The molecule has 0 unspecified atom stereocenters. The first-order valence-electron chi connectivity index (χ1n) is 5.28. The number of aliphatic hydroxyl groups is 1. The van der Waals surface area contributed by atoms with E-state index in [0.29, 0.717) is 10.0 Å². The van der Waals surface area contributed by atoms with Crippen LogP contribution in [0.5, 0.6) is 0 Å². The van der Waals surface area contributed by atoms with Gasteiger partial charge in [-0.3, -0.25) is 4.72 Å². The number of aromatic nitrogens is 1. The van der Waals surface area contributed by atoms with Crippen LogP contribution in [0.1, 0.15) is 25.6 Å². The summed E-state index contributed by atoms with van der Waals surface area (Å²) in [6.45, 7) is 5.33. The van der Waals surface area contributed by atoms with Crippen molar-refractivity contribution in [3.05, 3.63) is 11.1 Å². The largest absolute Gasteiger partial charge is 0.384 e. The fourth-order valence-electron chi connectivity index (χ4n) is 1.24. The third kappa shape index (κ3) is 5.49. The number of nitrogens with zero attached hydrogens (tertiary/aromatic N) is 1. The molecule has 2 N–H and O–H groups in total. The topological polar surface area (TPSA) is 79.3 Å². The number of nitrogens with one attached hydrogen (secondary N) is 1. The molecule has 0 aliphatic carbocycles. The zero-order valence-electron chi connectivity index (χ0n) is 10.5. The van der Waals surface area contributed by atoms with Crippen LogP contribution in [0.3, 0.4) is 0 Å². The lowest BCUT2D eigenvalue weighted by atomic mass is 10.0. The van der Waals surface area contributed by atoms with Crippen LogP contribution in [0.25, 0.3) is 0 Å². The van der Waals surface area contributed by atoms with Crippen molar-refractivity contribution in [2.45, 2.75) is 20.8 Å². The average Bonchev–Trinajstić information content (AvgIpc) is 2.57. The summed E-state index contributed by atoms with van der Waals surface area (Å²) < 4.78 is 26.1. The van der Waals surface area contributed by atoms with Gasteiger partial charge in [-0.05, 0) is 5.41 Å². The second kappa shape index (κ2) is 5.69. The summed E-state index contributed by atoms with van der Waals surface area (Å²) in [6.07, 6.45) is 1.47. The molecule has 0 spiro atoms. The summed E-state index contributed by atoms with van der Waals surface area (Å²) in [7, 11) is -3.40. The van der Waals surface area contributed by atoms with E-state index >= 15 is 0 Å². The van der Waals surface area contributed by atoms with Crippen molar-refractivity contribution >= 4 is 26.5 Å². The Balaban J connectivity index is 2.76. The van der Waals surface area contributed by atoms with Crippen molar-refractivity contribution in [1.29, 1.82) is 0 Å². The molecule has 0 aliphatic rings. The van der Waals surface area contributed by atoms with E-state index in [-0.39, 0.29) is 17.8 Å². The monoisotopic (exact) mass is 288 g/mol. The molecular formula is C11H16N2O3S2. The van der Waals surface area contributed by atoms with Crippen LogP contribution < -0.4 is 4.72 Å².